The molecule has 0 aliphatic carbocycles. The van der Waals surface area contributed by atoms with Gasteiger partial charge in [0.1, 0.15) is 0 Å². The highest BCUT2D eigenvalue weighted by Gasteiger charge is 1.97. The summed E-state index contributed by atoms with van der Waals surface area (Å²) < 4.78 is 0. The van der Waals surface area contributed by atoms with Gasteiger partial charge in [0, 0.05) is 6.42 Å². The lowest BCUT2D eigenvalue weighted by atomic mass is 10.0. The van der Waals surface area contributed by atoms with Crippen molar-refractivity contribution in [1.29, 1.82) is 0 Å². The first-order valence-corrected chi connectivity index (χ1v) is 17.6. The van der Waals surface area contributed by atoms with Crippen molar-refractivity contribution in [3.05, 3.63) is 48.6 Å². The highest BCUT2D eigenvalue weighted by molar-refractivity contribution is 5.66. The third-order valence-electron chi connectivity index (χ3n) is 7.73. The van der Waals surface area contributed by atoms with Crippen LogP contribution in [0.1, 0.15) is 187 Å². The molecule has 0 unspecified atom stereocenters. The van der Waals surface area contributed by atoms with Crippen molar-refractivity contribution in [1.82, 2.24) is 0 Å². The molecular formula is C38H68O2. The molecule has 0 atom stereocenters. The van der Waals surface area contributed by atoms with E-state index in [2.05, 4.69) is 55.5 Å². The fourth-order valence-electron chi connectivity index (χ4n) is 5.17. The maximum absolute atomic E-state index is 10.5. The van der Waals surface area contributed by atoms with Gasteiger partial charge in [0.25, 0.3) is 0 Å². The van der Waals surface area contributed by atoms with Gasteiger partial charge in [-0.05, 0) is 44.9 Å². The summed E-state index contributed by atoms with van der Waals surface area (Å²) in [4.78, 5) is 10.5. The van der Waals surface area contributed by atoms with Crippen molar-refractivity contribution >= 4 is 5.97 Å². The van der Waals surface area contributed by atoms with E-state index < -0.39 is 5.97 Å². The Kier molecular flexibility index (Phi) is 34.1. The van der Waals surface area contributed by atoms with Crippen LogP contribution >= 0.6 is 0 Å². The second-order valence-corrected chi connectivity index (χ2v) is 11.7. The van der Waals surface area contributed by atoms with Gasteiger partial charge >= 0.3 is 5.97 Å². The molecule has 1 N–H and O–H groups in total. The number of unbranched alkanes of at least 4 members (excludes halogenated alkanes) is 22. The Morgan fingerprint density at radius 1 is 0.400 bits per heavy atom. The maximum atomic E-state index is 10.5. The van der Waals surface area contributed by atoms with E-state index in [4.69, 9.17) is 5.11 Å². The Balaban J connectivity index is 3.16. The van der Waals surface area contributed by atoms with E-state index in [1.807, 2.05) is 0 Å². The molecule has 0 heterocycles. The van der Waals surface area contributed by atoms with Crippen LogP contribution in [-0.4, -0.2) is 11.1 Å². The van der Waals surface area contributed by atoms with Gasteiger partial charge in [-0.25, -0.2) is 0 Å². The number of carbonyl (C=O) groups is 1. The first kappa shape index (κ1) is 38.4. The van der Waals surface area contributed by atoms with Crippen molar-refractivity contribution in [2.45, 2.75) is 187 Å². The maximum Gasteiger partial charge on any atom is 0.303 e. The minimum absolute atomic E-state index is 0.342. The first-order valence-electron chi connectivity index (χ1n) is 17.6. The molecule has 2 heteroatoms. The van der Waals surface area contributed by atoms with Crippen molar-refractivity contribution in [3.8, 4) is 0 Å². The molecule has 0 fully saturated rings. The van der Waals surface area contributed by atoms with E-state index in [0.29, 0.717) is 6.42 Å². The highest BCUT2D eigenvalue weighted by Crippen LogP contribution is 2.15. The zero-order valence-corrected chi connectivity index (χ0v) is 26.8. The predicted molar refractivity (Wildman–Crippen MR) is 179 cm³/mol. The standard InChI is InChI=1S/C38H68O2/c1-2-3-4-5-6-7-8-9-10-11-12-13-14-15-16-17-18-19-20-21-22-23-24-25-26-27-28-29-30-31-32-33-34-35-36-37-38(39)40/h3-4,6-7,9-10,12-13H,2,5,8,11,14-37H2,1H3,(H,39,40)/b4-3-,7-6-,10-9-,13-12-. The van der Waals surface area contributed by atoms with Crippen LogP contribution in [0, 0.1) is 0 Å². The molecule has 0 spiro atoms. The molecule has 0 aliphatic rings. The second kappa shape index (κ2) is 35.5. The molecule has 0 rings (SSSR count). The zero-order chi connectivity index (χ0) is 29.0. The fourth-order valence-corrected chi connectivity index (χ4v) is 5.17. The van der Waals surface area contributed by atoms with E-state index in [0.717, 1.165) is 38.5 Å². The summed E-state index contributed by atoms with van der Waals surface area (Å²) in [7, 11) is 0. The van der Waals surface area contributed by atoms with Gasteiger partial charge in [-0.1, -0.05) is 184 Å². The number of carboxylic acid groups (broad SMARTS) is 1. The van der Waals surface area contributed by atoms with E-state index in [-0.39, 0.29) is 0 Å². The Labute approximate surface area is 250 Å². The van der Waals surface area contributed by atoms with Gasteiger partial charge < -0.3 is 5.11 Å². The topological polar surface area (TPSA) is 37.3 Å². The summed E-state index contributed by atoms with van der Waals surface area (Å²) in [5, 5.41) is 8.63. The average Bonchev–Trinajstić information content (AvgIpc) is 2.95. The van der Waals surface area contributed by atoms with Crippen molar-refractivity contribution in [3.63, 3.8) is 0 Å². The summed E-state index contributed by atoms with van der Waals surface area (Å²) in [5.74, 6) is -0.652. The molecule has 0 aromatic rings. The molecule has 0 saturated carbocycles. The monoisotopic (exact) mass is 557 g/mol. The molecule has 0 aromatic carbocycles. The number of rotatable bonds is 32. The third-order valence-corrected chi connectivity index (χ3v) is 7.73. The lowest BCUT2D eigenvalue weighted by Crippen LogP contribution is -1.93. The third kappa shape index (κ3) is 36.4. The Bertz CT molecular complexity index is 613. The molecule has 0 saturated heterocycles. The number of allylic oxidation sites excluding steroid dienone is 8. The molecule has 0 radical (unpaired) electrons. The SMILES string of the molecule is CC/C=C\C/C=C\C/C=C\C/C=C\CCCCCCCCCCCCCCCCCCCCCCCCC(=O)O. The molecule has 40 heavy (non-hydrogen) atoms. The number of carboxylic acids is 1. The van der Waals surface area contributed by atoms with E-state index in [1.165, 1.54) is 135 Å². The lowest BCUT2D eigenvalue weighted by Gasteiger charge is -2.04. The molecule has 0 aliphatic heterocycles. The van der Waals surface area contributed by atoms with E-state index in [1.54, 1.807) is 0 Å². The van der Waals surface area contributed by atoms with Crippen molar-refractivity contribution in [2.24, 2.45) is 0 Å². The summed E-state index contributed by atoms with van der Waals surface area (Å²) in [6, 6.07) is 0. The average molecular weight is 557 g/mol. The van der Waals surface area contributed by atoms with Gasteiger partial charge in [-0.15, -0.1) is 0 Å². The van der Waals surface area contributed by atoms with Crippen molar-refractivity contribution in [2.75, 3.05) is 0 Å². The molecule has 0 amide bonds. The van der Waals surface area contributed by atoms with Gasteiger partial charge in [0.2, 0.25) is 0 Å². The summed E-state index contributed by atoms with van der Waals surface area (Å²) in [5.41, 5.74) is 0. The number of aliphatic carboxylic acids is 1. The van der Waals surface area contributed by atoms with Crippen LogP contribution < -0.4 is 0 Å². The molecule has 0 bridgehead atoms. The zero-order valence-electron chi connectivity index (χ0n) is 26.8. The van der Waals surface area contributed by atoms with Gasteiger partial charge in [0.05, 0.1) is 0 Å². The normalized spacial score (nSPS) is 12.2. The van der Waals surface area contributed by atoms with Crippen LogP contribution in [0.2, 0.25) is 0 Å². The van der Waals surface area contributed by atoms with E-state index >= 15 is 0 Å². The number of hydrogen-bond donors (Lipinski definition) is 1. The predicted octanol–water partition coefficient (Wildman–Crippen LogP) is 13.2. The smallest absolute Gasteiger partial charge is 0.303 e. The highest BCUT2D eigenvalue weighted by atomic mass is 16.4. The van der Waals surface area contributed by atoms with Crippen LogP contribution in [0.15, 0.2) is 48.6 Å². The minimum atomic E-state index is -0.652. The summed E-state index contributed by atoms with van der Waals surface area (Å²) in [6.45, 7) is 2.17. The van der Waals surface area contributed by atoms with Crippen molar-refractivity contribution < 1.29 is 9.90 Å². The Hall–Kier alpha value is -1.57. The fraction of sp³-hybridized carbons (Fsp3) is 0.763. The molecule has 232 valence electrons. The Morgan fingerprint density at radius 2 is 0.675 bits per heavy atom. The molecular weight excluding hydrogens is 488 g/mol. The lowest BCUT2D eigenvalue weighted by molar-refractivity contribution is -0.137. The molecule has 0 aromatic heterocycles. The van der Waals surface area contributed by atoms with Crippen LogP contribution in [0.3, 0.4) is 0 Å². The first-order chi connectivity index (χ1) is 19.8. The summed E-state index contributed by atoms with van der Waals surface area (Å²) in [6.07, 6.45) is 54.0. The van der Waals surface area contributed by atoms with Gasteiger partial charge in [0.15, 0.2) is 0 Å². The molecule has 2 nitrogen and oxygen atoms in total. The van der Waals surface area contributed by atoms with Gasteiger partial charge in [-0.2, -0.15) is 0 Å². The van der Waals surface area contributed by atoms with Crippen LogP contribution in [0.4, 0.5) is 0 Å². The largest absolute Gasteiger partial charge is 0.481 e. The van der Waals surface area contributed by atoms with Crippen LogP contribution in [0.25, 0.3) is 0 Å². The van der Waals surface area contributed by atoms with E-state index in [9.17, 15) is 4.79 Å². The number of hydrogen-bond acceptors (Lipinski definition) is 1. The van der Waals surface area contributed by atoms with Crippen LogP contribution in [-0.2, 0) is 4.79 Å². The quantitative estimate of drug-likeness (QED) is 0.0660. The summed E-state index contributed by atoms with van der Waals surface area (Å²) >= 11 is 0. The van der Waals surface area contributed by atoms with Gasteiger partial charge in [-0.3, -0.25) is 4.79 Å². The minimum Gasteiger partial charge on any atom is -0.481 e. The van der Waals surface area contributed by atoms with Crippen LogP contribution in [0.5, 0.6) is 0 Å². The second-order valence-electron chi connectivity index (χ2n) is 11.7. The Morgan fingerprint density at radius 3 is 1.00 bits per heavy atom.